The molecule has 1 saturated heterocycles. The van der Waals surface area contributed by atoms with Crippen molar-refractivity contribution < 1.29 is 9.53 Å². The number of rotatable bonds is 6. The molecule has 2 aromatic rings. The summed E-state index contributed by atoms with van der Waals surface area (Å²) >= 11 is 0. The first-order valence-corrected chi connectivity index (χ1v) is 11.4. The molecule has 160 valence electrons. The molecule has 4 rings (SSSR count). The number of anilines is 1. The van der Waals surface area contributed by atoms with Crippen molar-refractivity contribution in [2.75, 3.05) is 11.5 Å². The van der Waals surface area contributed by atoms with Crippen molar-refractivity contribution in [3.63, 3.8) is 0 Å². The number of hydrogen-bond donors (Lipinski definition) is 1. The van der Waals surface area contributed by atoms with Crippen LogP contribution in [0, 0.1) is 6.92 Å². The lowest BCUT2D eigenvalue weighted by molar-refractivity contribution is -0.123. The lowest BCUT2D eigenvalue weighted by Gasteiger charge is -2.43. The first kappa shape index (κ1) is 21.1. The summed E-state index contributed by atoms with van der Waals surface area (Å²) in [4.78, 5) is 15.7. The highest BCUT2D eigenvalue weighted by atomic mass is 16.5. The molecule has 30 heavy (non-hydrogen) atoms. The quantitative estimate of drug-likeness (QED) is 0.734. The Kier molecular flexibility index (Phi) is 6.55. The number of carbonyl (C=O) groups is 1. The van der Waals surface area contributed by atoms with Gasteiger partial charge in [-0.2, -0.15) is 0 Å². The Morgan fingerprint density at radius 2 is 1.83 bits per heavy atom. The zero-order valence-corrected chi connectivity index (χ0v) is 18.3. The number of nitrogens with one attached hydrogen (secondary N) is 1. The van der Waals surface area contributed by atoms with E-state index in [4.69, 9.17) is 4.74 Å². The smallest absolute Gasteiger partial charge is 0.244 e. The predicted octanol–water partition coefficient (Wildman–Crippen LogP) is 5.00. The van der Waals surface area contributed by atoms with Crippen LogP contribution in [-0.4, -0.2) is 30.2 Å². The molecule has 4 nitrogen and oxygen atoms in total. The van der Waals surface area contributed by atoms with Crippen LogP contribution in [-0.2, 0) is 16.1 Å². The minimum Gasteiger partial charge on any atom is -0.375 e. The summed E-state index contributed by atoms with van der Waals surface area (Å²) in [7, 11) is 0. The molecular formula is C26H34N2O2. The molecule has 1 saturated carbocycles. The van der Waals surface area contributed by atoms with E-state index < -0.39 is 0 Å². The normalized spacial score (nSPS) is 21.5. The highest BCUT2D eigenvalue weighted by molar-refractivity contribution is 5.97. The standard InChI is InChI=1S/C26H34N2O2/c1-20-10-12-23(13-11-20)28(24-14-17-30-26(18-24)15-6-7-16-26)25(29)21(2)27-19-22-8-4-3-5-9-22/h3-5,8-13,21,24,27H,6-7,14-19H2,1-2H3. The van der Waals surface area contributed by atoms with Gasteiger partial charge in [0.1, 0.15) is 0 Å². The Bertz CT molecular complexity index is 828. The van der Waals surface area contributed by atoms with Gasteiger partial charge in [-0.1, -0.05) is 60.9 Å². The minimum absolute atomic E-state index is 0.0210. The maximum absolute atomic E-state index is 13.7. The number of nitrogens with zero attached hydrogens (tertiary/aromatic N) is 1. The van der Waals surface area contributed by atoms with Gasteiger partial charge in [0.15, 0.2) is 0 Å². The van der Waals surface area contributed by atoms with Crippen molar-refractivity contribution in [2.24, 2.45) is 0 Å². The summed E-state index contributed by atoms with van der Waals surface area (Å²) in [6, 6.07) is 18.6. The van der Waals surface area contributed by atoms with Gasteiger partial charge in [0, 0.05) is 24.9 Å². The van der Waals surface area contributed by atoms with E-state index in [1.165, 1.54) is 24.0 Å². The third-order valence-corrected chi connectivity index (χ3v) is 6.72. The number of carbonyl (C=O) groups excluding carboxylic acids is 1. The van der Waals surface area contributed by atoms with Gasteiger partial charge in [-0.3, -0.25) is 4.79 Å². The van der Waals surface area contributed by atoms with E-state index in [1.807, 2.05) is 25.1 Å². The van der Waals surface area contributed by atoms with Crippen molar-refractivity contribution >= 4 is 11.6 Å². The van der Waals surface area contributed by atoms with E-state index in [2.05, 4.69) is 53.5 Å². The van der Waals surface area contributed by atoms with Gasteiger partial charge >= 0.3 is 0 Å². The van der Waals surface area contributed by atoms with Crippen LogP contribution in [0.5, 0.6) is 0 Å². The van der Waals surface area contributed by atoms with E-state index in [9.17, 15) is 4.79 Å². The largest absolute Gasteiger partial charge is 0.375 e. The molecule has 2 aliphatic rings. The van der Waals surface area contributed by atoms with Gasteiger partial charge in [-0.25, -0.2) is 0 Å². The summed E-state index contributed by atoms with van der Waals surface area (Å²) in [6.45, 7) is 5.50. The zero-order chi connectivity index (χ0) is 21.0. The minimum atomic E-state index is -0.256. The molecule has 1 spiro atoms. The second kappa shape index (κ2) is 9.32. The molecule has 0 radical (unpaired) electrons. The molecule has 0 bridgehead atoms. The Morgan fingerprint density at radius 3 is 2.53 bits per heavy atom. The van der Waals surface area contributed by atoms with Crippen molar-refractivity contribution in [2.45, 2.75) is 76.6 Å². The highest BCUT2D eigenvalue weighted by Gasteiger charge is 2.43. The number of amides is 1. The van der Waals surface area contributed by atoms with Crippen LogP contribution in [0.25, 0.3) is 0 Å². The Hall–Kier alpha value is -2.17. The fraction of sp³-hybridized carbons (Fsp3) is 0.500. The van der Waals surface area contributed by atoms with E-state index in [0.717, 1.165) is 38.0 Å². The Labute approximate surface area is 180 Å². The lowest BCUT2D eigenvalue weighted by atomic mass is 9.87. The Balaban J connectivity index is 1.53. The van der Waals surface area contributed by atoms with E-state index in [0.29, 0.717) is 6.54 Å². The first-order valence-electron chi connectivity index (χ1n) is 11.4. The number of ether oxygens (including phenoxy) is 1. The molecule has 0 aromatic heterocycles. The fourth-order valence-corrected chi connectivity index (χ4v) is 4.98. The molecule has 2 atom stereocenters. The summed E-state index contributed by atoms with van der Waals surface area (Å²) < 4.78 is 6.25. The average molecular weight is 407 g/mol. The van der Waals surface area contributed by atoms with E-state index in [-0.39, 0.29) is 23.6 Å². The third-order valence-electron chi connectivity index (χ3n) is 6.72. The first-order chi connectivity index (χ1) is 14.6. The van der Waals surface area contributed by atoms with E-state index in [1.54, 1.807) is 0 Å². The molecule has 4 heteroatoms. The fourth-order valence-electron chi connectivity index (χ4n) is 4.98. The highest BCUT2D eigenvalue weighted by Crippen LogP contribution is 2.42. The SMILES string of the molecule is Cc1ccc(N(C(=O)C(C)NCc2ccccc2)C2CCOC3(CCCC3)C2)cc1. The molecular weight excluding hydrogens is 372 g/mol. The van der Waals surface area contributed by atoms with Crippen molar-refractivity contribution in [3.05, 3.63) is 65.7 Å². The Morgan fingerprint density at radius 1 is 1.13 bits per heavy atom. The zero-order valence-electron chi connectivity index (χ0n) is 18.3. The van der Waals surface area contributed by atoms with Gasteiger partial charge in [0.2, 0.25) is 5.91 Å². The average Bonchev–Trinajstić information content (AvgIpc) is 3.21. The summed E-state index contributed by atoms with van der Waals surface area (Å²) in [5.41, 5.74) is 3.38. The second-order valence-electron chi connectivity index (χ2n) is 9.02. The van der Waals surface area contributed by atoms with E-state index >= 15 is 0 Å². The topological polar surface area (TPSA) is 41.6 Å². The number of hydrogen-bond acceptors (Lipinski definition) is 3. The van der Waals surface area contributed by atoms with Gasteiger partial charge in [-0.15, -0.1) is 0 Å². The molecule has 2 unspecified atom stereocenters. The lowest BCUT2D eigenvalue weighted by Crippen LogP contribution is -2.54. The molecule has 2 fully saturated rings. The van der Waals surface area contributed by atoms with Crippen LogP contribution >= 0.6 is 0 Å². The van der Waals surface area contributed by atoms with Gasteiger partial charge in [0.25, 0.3) is 0 Å². The van der Waals surface area contributed by atoms with Crippen LogP contribution in [0.4, 0.5) is 5.69 Å². The molecule has 1 heterocycles. The van der Waals surface area contributed by atoms with Crippen LogP contribution < -0.4 is 10.2 Å². The molecule has 2 aromatic carbocycles. The van der Waals surface area contributed by atoms with Crippen molar-refractivity contribution in [1.29, 1.82) is 0 Å². The summed E-state index contributed by atoms with van der Waals surface area (Å²) in [5.74, 6) is 0.148. The molecule has 1 aliphatic heterocycles. The van der Waals surface area contributed by atoms with Crippen LogP contribution in [0.3, 0.4) is 0 Å². The summed E-state index contributed by atoms with van der Waals surface area (Å²) in [5, 5.41) is 3.44. The second-order valence-corrected chi connectivity index (χ2v) is 9.02. The van der Waals surface area contributed by atoms with Crippen molar-refractivity contribution in [1.82, 2.24) is 5.32 Å². The maximum atomic E-state index is 13.7. The molecule has 1 amide bonds. The van der Waals surface area contributed by atoms with Gasteiger partial charge in [-0.05, 0) is 57.2 Å². The van der Waals surface area contributed by atoms with Crippen LogP contribution in [0.1, 0.15) is 56.6 Å². The maximum Gasteiger partial charge on any atom is 0.244 e. The van der Waals surface area contributed by atoms with Crippen LogP contribution in [0.15, 0.2) is 54.6 Å². The summed E-state index contributed by atoms with van der Waals surface area (Å²) in [6.07, 6.45) is 6.56. The molecule has 1 N–H and O–H groups in total. The number of aryl methyl sites for hydroxylation is 1. The number of benzene rings is 2. The van der Waals surface area contributed by atoms with Crippen LogP contribution in [0.2, 0.25) is 0 Å². The monoisotopic (exact) mass is 406 g/mol. The van der Waals surface area contributed by atoms with Gasteiger partial charge in [0.05, 0.1) is 11.6 Å². The van der Waals surface area contributed by atoms with Gasteiger partial charge < -0.3 is 15.0 Å². The van der Waals surface area contributed by atoms with Crippen molar-refractivity contribution in [3.8, 4) is 0 Å². The third kappa shape index (κ3) is 4.76. The predicted molar refractivity (Wildman–Crippen MR) is 122 cm³/mol. The molecule has 1 aliphatic carbocycles.